The number of benzene rings is 1. The zero-order chi connectivity index (χ0) is 21.9. The summed E-state index contributed by atoms with van der Waals surface area (Å²) in [5.74, 6) is 4.00. The fourth-order valence-corrected chi connectivity index (χ4v) is 6.46. The average Bonchev–Trinajstić information content (AvgIpc) is 3.58. The first-order chi connectivity index (χ1) is 15.7. The Labute approximate surface area is 192 Å². The number of nitrogens with zero attached hydrogens (tertiary/aromatic N) is 1. The molecule has 1 aliphatic heterocycles. The fourth-order valence-electron chi connectivity index (χ4n) is 6.46. The van der Waals surface area contributed by atoms with Gasteiger partial charge in [0.15, 0.2) is 5.78 Å². The minimum Gasteiger partial charge on any atom is -0.490 e. The molecule has 3 fully saturated rings. The summed E-state index contributed by atoms with van der Waals surface area (Å²) in [5, 5.41) is 0. The Morgan fingerprint density at radius 2 is 1.81 bits per heavy atom. The van der Waals surface area contributed by atoms with Crippen molar-refractivity contribution >= 4 is 11.7 Å². The largest absolute Gasteiger partial charge is 0.490 e. The SMILES string of the molecule is O=C(CCCC1CC2C=CC1C2)c1cccc(OC2CCN(C(=O)C3CCCC3)CC2)c1. The summed E-state index contributed by atoms with van der Waals surface area (Å²) in [4.78, 5) is 27.4. The first-order valence-corrected chi connectivity index (χ1v) is 12.9. The molecule has 4 heteroatoms. The molecule has 172 valence electrons. The van der Waals surface area contributed by atoms with Crippen LogP contribution < -0.4 is 4.74 Å². The highest BCUT2D eigenvalue weighted by molar-refractivity contribution is 5.96. The summed E-state index contributed by atoms with van der Waals surface area (Å²) < 4.78 is 6.22. The number of likely N-dealkylation sites (tertiary alicyclic amines) is 1. The van der Waals surface area contributed by atoms with Crippen molar-refractivity contribution in [2.45, 2.75) is 76.7 Å². The number of piperidine rings is 1. The Bertz CT molecular complexity index is 848. The highest BCUT2D eigenvalue weighted by Crippen LogP contribution is 2.45. The number of fused-ring (bicyclic) bond motifs is 2. The number of hydrogen-bond donors (Lipinski definition) is 0. The summed E-state index contributed by atoms with van der Waals surface area (Å²) >= 11 is 0. The van der Waals surface area contributed by atoms with Crippen LogP contribution in [0.4, 0.5) is 0 Å². The van der Waals surface area contributed by atoms with Crippen LogP contribution in [0.1, 0.15) is 81.0 Å². The summed E-state index contributed by atoms with van der Waals surface area (Å²) in [6.45, 7) is 1.58. The second-order valence-electron chi connectivity index (χ2n) is 10.5. The zero-order valence-electron chi connectivity index (χ0n) is 19.2. The molecule has 1 heterocycles. The van der Waals surface area contributed by atoms with Gasteiger partial charge < -0.3 is 9.64 Å². The van der Waals surface area contributed by atoms with Crippen molar-refractivity contribution in [1.29, 1.82) is 0 Å². The molecule has 0 N–H and O–H groups in total. The van der Waals surface area contributed by atoms with Crippen LogP contribution >= 0.6 is 0 Å². The van der Waals surface area contributed by atoms with Crippen molar-refractivity contribution in [3.63, 3.8) is 0 Å². The molecule has 0 spiro atoms. The van der Waals surface area contributed by atoms with Crippen LogP contribution in [0.3, 0.4) is 0 Å². The van der Waals surface area contributed by atoms with E-state index in [9.17, 15) is 9.59 Å². The van der Waals surface area contributed by atoms with Gasteiger partial charge in [-0.05, 0) is 68.4 Å². The van der Waals surface area contributed by atoms with Crippen molar-refractivity contribution in [2.75, 3.05) is 13.1 Å². The van der Waals surface area contributed by atoms with E-state index < -0.39 is 0 Å². The third-order valence-electron chi connectivity index (χ3n) is 8.31. The van der Waals surface area contributed by atoms with Gasteiger partial charge >= 0.3 is 0 Å². The molecule has 32 heavy (non-hydrogen) atoms. The van der Waals surface area contributed by atoms with Crippen LogP contribution in [0.2, 0.25) is 0 Å². The molecule has 4 nitrogen and oxygen atoms in total. The van der Waals surface area contributed by atoms with Gasteiger partial charge in [-0.1, -0.05) is 37.1 Å². The maximum Gasteiger partial charge on any atom is 0.225 e. The van der Waals surface area contributed by atoms with Crippen LogP contribution in [-0.2, 0) is 4.79 Å². The lowest BCUT2D eigenvalue weighted by atomic mass is 9.88. The predicted octanol–water partition coefficient (Wildman–Crippen LogP) is 5.81. The molecule has 2 saturated carbocycles. The first kappa shape index (κ1) is 21.7. The van der Waals surface area contributed by atoms with E-state index >= 15 is 0 Å². The maximum absolute atomic E-state index is 12.8. The van der Waals surface area contributed by atoms with Crippen molar-refractivity contribution in [2.24, 2.45) is 23.7 Å². The number of carbonyl (C=O) groups excluding carboxylic acids is 2. The Hall–Kier alpha value is -2.10. The summed E-state index contributed by atoms with van der Waals surface area (Å²) in [7, 11) is 0. The molecular formula is C28H37NO3. The molecule has 3 atom stereocenters. The molecular weight excluding hydrogens is 398 g/mol. The molecule has 5 rings (SSSR count). The van der Waals surface area contributed by atoms with Gasteiger partial charge in [0.25, 0.3) is 0 Å². The lowest BCUT2D eigenvalue weighted by Crippen LogP contribution is -2.43. The number of ketones is 1. The van der Waals surface area contributed by atoms with Crippen LogP contribution in [0.5, 0.6) is 5.75 Å². The van der Waals surface area contributed by atoms with Gasteiger partial charge in [-0.2, -0.15) is 0 Å². The summed E-state index contributed by atoms with van der Waals surface area (Å²) in [6.07, 6.45) is 16.6. The lowest BCUT2D eigenvalue weighted by Gasteiger charge is -2.33. The number of amides is 1. The van der Waals surface area contributed by atoms with Gasteiger partial charge in [-0.3, -0.25) is 9.59 Å². The van der Waals surface area contributed by atoms with Gasteiger partial charge in [-0.25, -0.2) is 0 Å². The lowest BCUT2D eigenvalue weighted by molar-refractivity contribution is -0.137. The average molecular weight is 436 g/mol. The van der Waals surface area contributed by atoms with Gasteiger partial charge in [0.05, 0.1) is 0 Å². The van der Waals surface area contributed by atoms with Crippen molar-refractivity contribution in [1.82, 2.24) is 4.90 Å². The minimum absolute atomic E-state index is 0.124. The summed E-state index contributed by atoms with van der Waals surface area (Å²) in [5.41, 5.74) is 0.768. The van der Waals surface area contributed by atoms with E-state index in [1.807, 2.05) is 29.2 Å². The van der Waals surface area contributed by atoms with Crippen molar-refractivity contribution in [3.8, 4) is 5.75 Å². The van der Waals surface area contributed by atoms with Crippen molar-refractivity contribution < 1.29 is 14.3 Å². The molecule has 1 amide bonds. The number of Topliss-reactive ketones (excluding diaryl/α,β-unsaturated/α-hetero) is 1. The Morgan fingerprint density at radius 3 is 2.53 bits per heavy atom. The van der Waals surface area contributed by atoms with E-state index in [-0.39, 0.29) is 17.8 Å². The molecule has 0 radical (unpaired) electrons. The van der Waals surface area contributed by atoms with Crippen LogP contribution in [0.25, 0.3) is 0 Å². The molecule has 0 aromatic heterocycles. The molecule has 1 aromatic rings. The highest BCUT2D eigenvalue weighted by atomic mass is 16.5. The van der Waals surface area contributed by atoms with E-state index in [0.29, 0.717) is 12.3 Å². The number of allylic oxidation sites excluding steroid dienone is 2. The smallest absolute Gasteiger partial charge is 0.225 e. The zero-order valence-corrected chi connectivity index (χ0v) is 19.2. The normalized spacial score (nSPS) is 27.9. The van der Waals surface area contributed by atoms with E-state index in [4.69, 9.17) is 4.74 Å². The van der Waals surface area contributed by atoms with Crippen LogP contribution in [0.15, 0.2) is 36.4 Å². The van der Waals surface area contributed by atoms with E-state index in [1.165, 1.54) is 32.1 Å². The van der Waals surface area contributed by atoms with Crippen molar-refractivity contribution in [3.05, 3.63) is 42.0 Å². The molecule has 3 unspecified atom stereocenters. The van der Waals surface area contributed by atoms with Gasteiger partial charge in [0, 0.05) is 43.8 Å². The highest BCUT2D eigenvalue weighted by Gasteiger charge is 2.35. The van der Waals surface area contributed by atoms with Gasteiger partial charge in [-0.15, -0.1) is 0 Å². The molecule has 4 aliphatic rings. The number of rotatable bonds is 8. The Balaban J connectivity index is 1.07. The predicted molar refractivity (Wildman–Crippen MR) is 126 cm³/mol. The standard InChI is InChI=1S/C28H37NO3/c30-27(10-4-7-22-17-20-11-12-23(22)18-20)24-8-3-9-26(19-24)32-25-13-15-29(16-14-25)28(31)21-5-1-2-6-21/h3,8-9,11-12,19-23,25H,1-2,4-7,10,13-18H2. The fraction of sp³-hybridized carbons (Fsp3) is 0.643. The van der Waals surface area contributed by atoms with Crippen LogP contribution in [0, 0.1) is 23.7 Å². The monoisotopic (exact) mass is 435 g/mol. The van der Waals surface area contributed by atoms with Gasteiger partial charge in [0.2, 0.25) is 5.91 Å². The third-order valence-corrected chi connectivity index (χ3v) is 8.31. The van der Waals surface area contributed by atoms with E-state index in [2.05, 4.69) is 12.2 Å². The molecule has 1 saturated heterocycles. The minimum atomic E-state index is 0.124. The number of ether oxygens (including phenoxy) is 1. The Morgan fingerprint density at radius 1 is 1.00 bits per heavy atom. The second-order valence-corrected chi connectivity index (χ2v) is 10.5. The summed E-state index contributed by atoms with van der Waals surface area (Å²) in [6, 6.07) is 7.72. The molecule has 3 aliphatic carbocycles. The second kappa shape index (κ2) is 9.80. The Kier molecular flexibility index (Phi) is 6.66. The third kappa shape index (κ3) is 4.94. The quantitative estimate of drug-likeness (QED) is 0.382. The number of carbonyl (C=O) groups is 2. The van der Waals surface area contributed by atoms with E-state index in [0.717, 1.165) is 74.3 Å². The molecule has 1 aromatic carbocycles. The maximum atomic E-state index is 12.8. The van der Waals surface area contributed by atoms with Gasteiger partial charge in [0.1, 0.15) is 11.9 Å². The first-order valence-electron chi connectivity index (χ1n) is 12.9. The topological polar surface area (TPSA) is 46.6 Å². The number of hydrogen-bond acceptors (Lipinski definition) is 3. The van der Waals surface area contributed by atoms with Crippen LogP contribution in [-0.4, -0.2) is 35.8 Å². The van der Waals surface area contributed by atoms with E-state index in [1.54, 1.807) is 0 Å². The molecule has 2 bridgehead atoms.